The number of hydrogen-bond donors (Lipinski definition) is 2. The van der Waals surface area contributed by atoms with Gasteiger partial charge in [0.1, 0.15) is 19.0 Å². The van der Waals surface area contributed by atoms with Crippen LogP contribution in [0.1, 0.15) is 6.42 Å². The number of benzene rings is 2. The van der Waals surface area contributed by atoms with E-state index >= 15 is 0 Å². The summed E-state index contributed by atoms with van der Waals surface area (Å²) in [6.45, 7) is 4.22. The minimum absolute atomic E-state index is 0.101. The van der Waals surface area contributed by atoms with Gasteiger partial charge in [0, 0.05) is 50.9 Å². The molecule has 1 fully saturated rings. The summed E-state index contributed by atoms with van der Waals surface area (Å²) < 4.78 is 16.5. The molecule has 9 nitrogen and oxygen atoms in total. The molecule has 0 radical (unpaired) electrons. The highest BCUT2D eigenvalue weighted by Gasteiger charge is 2.27. The Morgan fingerprint density at radius 3 is 2.52 bits per heavy atom. The quantitative estimate of drug-likeness (QED) is 0.626. The Labute approximate surface area is 192 Å². The topological polar surface area (TPSA) is 101 Å². The summed E-state index contributed by atoms with van der Waals surface area (Å²) in [4.78, 5) is 28.7. The van der Waals surface area contributed by atoms with Crippen LogP contribution >= 0.6 is 0 Å². The van der Waals surface area contributed by atoms with E-state index in [1.165, 1.54) is 0 Å². The van der Waals surface area contributed by atoms with Crippen LogP contribution in [0.3, 0.4) is 0 Å². The lowest BCUT2D eigenvalue weighted by atomic mass is 10.0. The van der Waals surface area contributed by atoms with E-state index in [-0.39, 0.29) is 12.3 Å². The molecule has 2 aliphatic heterocycles. The van der Waals surface area contributed by atoms with Gasteiger partial charge in [0.15, 0.2) is 11.5 Å². The molecular formula is C24H29N3O6. The molecule has 2 aliphatic rings. The molecule has 4 rings (SSSR count). The molecule has 0 bridgehead atoms. The fourth-order valence-electron chi connectivity index (χ4n) is 4.16. The van der Waals surface area contributed by atoms with Crippen molar-refractivity contribution in [2.24, 2.45) is 5.92 Å². The number of carboxylic acids is 1. The molecule has 0 aromatic heterocycles. The number of methoxy groups -OCH3 is 1. The molecule has 33 heavy (non-hydrogen) atoms. The van der Waals surface area contributed by atoms with Gasteiger partial charge >= 0.3 is 5.97 Å². The Morgan fingerprint density at radius 1 is 1.06 bits per heavy atom. The van der Waals surface area contributed by atoms with Gasteiger partial charge in [-0.3, -0.25) is 14.5 Å². The number of amides is 1. The van der Waals surface area contributed by atoms with Crippen LogP contribution < -0.4 is 24.4 Å². The van der Waals surface area contributed by atoms with E-state index in [2.05, 4.69) is 15.1 Å². The van der Waals surface area contributed by atoms with Crippen molar-refractivity contribution in [3.05, 3.63) is 42.5 Å². The van der Waals surface area contributed by atoms with Crippen molar-refractivity contribution in [1.29, 1.82) is 0 Å². The van der Waals surface area contributed by atoms with Crippen molar-refractivity contribution in [3.8, 4) is 17.2 Å². The summed E-state index contributed by atoms with van der Waals surface area (Å²) in [5.74, 6) is -0.0758. The van der Waals surface area contributed by atoms with Gasteiger partial charge in [-0.1, -0.05) is 12.1 Å². The van der Waals surface area contributed by atoms with Crippen LogP contribution in [0.15, 0.2) is 42.5 Å². The van der Waals surface area contributed by atoms with E-state index in [4.69, 9.17) is 14.2 Å². The van der Waals surface area contributed by atoms with E-state index in [0.29, 0.717) is 50.0 Å². The van der Waals surface area contributed by atoms with Crippen LogP contribution in [0.4, 0.5) is 11.4 Å². The summed E-state index contributed by atoms with van der Waals surface area (Å²) in [6, 6.07) is 13.0. The average molecular weight is 456 g/mol. The molecule has 2 aromatic carbocycles. The highest BCUT2D eigenvalue weighted by Crippen LogP contribution is 2.33. The number of rotatable bonds is 8. The zero-order valence-electron chi connectivity index (χ0n) is 18.7. The number of hydrogen-bond acceptors (Lipinski definition) is 7. The van der Waals surface area contributed by atoms with E-state index < -0.39 is 11.9 Å². The zero-order chi connectivity index (χ0) is 23.2. The smallest absolute Gasteiger partial charge is 0.308 e. The van der Waals surface area contributed by atoms with Gasteiger partial charge < -0.3 is 29.5 Å². The second-order valence-corrected chi connectivity index (χ2v) is 8.11. The van der Waals surface area contributed by atoms with Crippen molar-refractivity contribution >= 4 is 23.3 Å². The first-order valence-electron chi connectivity index (χ1n) is 11.1. The molecule has 1 atom stereocenters. The fraction of sp³-hybridized carbons (Fsp3) is 0.417. The first-order valence-corrected chi connectivity index (χ1v) is 11.1. The third-order valence-electron chi connectivity index (χ3n) is 5.88. The van der Waals surface area contributed by atoms with Crippen LogP contribution in [0.2, 0.25) is 0 Å². The van der Waals surface area contributed by atoms with Gasteiger partial charge in [0.25, 0.3) is 0 Å². The van der Waals surface area contributed by atoms with Gasteiger partial charge in [0.2, 0.25) is 5.91 Å². The molecule has 0 aliphatic carbocycles. The van der Waals surface area contributed by atoms with Crippen molar-refractivity contribution in [3.63, 3.8) is 0 Å². The maximum atomic E-state index is 12.6. The monoisotopic (exact) mass is 455 g/mol. The van der Waals surface area contributed by atoms with E-state index in [1.54, 1.807) is 25.3 Å². The van der Waals surface area contributed by atoms with E-state index in [9.17, 15) is 14.7 Å². The SMILES string of the molecule is COc1ccccc1N1CCN(C[C@@H](CC(=O)Nc2ccc3c(c2)OCCO3)C(=O)O)CC1. The minimum atomic E-state index is -0.973. The van der Waals surface area contributed by atoms with Gasteiger partial charge in [-0.2, -0.15) is 0 Å². The number of nitrogens with zero attached hydrogens (tertiary/aromatic N) is 2. The molecular weight excluding hydrogens is 426 g/mol. The Balaban J connectivity index is 1.30. The predicted octanol–water partition coefficient (Wildman–Crippen LogP) is 2.32. The molecule has 1 saturated heterocycles. The lowest BCUT2D eigenvalue weighted by Crippen LogP contribution is -2.49. The molecule has 0 unspecified atom stereocenters. The number of anilines is 2. The Morgan fingerprint density at radius 2 is 1.79 bits per heavy atom. The van der Waals surface area contributed by atoms with Crippen molar-refractivity contribution in [1.82, 2.24) is 4.90 Å². The largest absolute Gasteiger partial charge is 0.495 e. The summed E-state index contributed by atoms with van der Waals surface area (Å²) in [5, 5.41) is 12.5. The molecule has 9 heteroatoms. The summed E-state index contributed by atoms with van der Waals surface area (Å²) >= 11 is 0. The molecule has 2 aromatic rings. The zero-order valence-corrected chi connectivity index (χ0v) is 18.7. The highest BCUT2D eigenvalue weighted by atomic mass is 16.6. The van der Waals surface area contributed by atoms with Crippen molar-refractivity contribution in [2.45, 2.75) is 6.42 Å². The normalized spacial score (nSPS) is 16.7. The summed E-state index contributed by atoms with van der Waals surface area (Å²) in [6.07, 6.45) is -0.101. The minimum Gasteiger partial charge on any atom is -0.495 e. The van der Waals surface area contributed by atoms with Crippen molar-refractivity contribution < 1.29 is 28.9 Å². The van der Waals surface area contributed by atoms with E-state index in [1.807, 2.05) is 24.3 Å². The Hall–Kier alpha value is -3.46. The molecule has 2 heterocycles. The van der Waals surface area contributed by atoms with Crippen LogP contribution in [0.25, 0.3) is 0 Å². The predicted molar refractivity (Wildman–Crippen MR) is 123 cm³/mol. The second kappa shape index (κ2) is 10.4. The van der Waals surface area contributed by atoms with Gasteiger partial charge in [-0.05, 0) is 24.3 Å². The van der Waals surface area contributed by atoms with Crippen LogP contribution in [0.5, 0.6) is 17.2 Å². The lowest BCUT2D eigenvalue weighted by molar-refractivity contribution is -0.144. The van der Waals surface area contributed by atoms with Gasteiger partial charge in [-0.15, -0.1) is 0 Å². The van der Waals surface area contributed by atoms with Gasteiger partial charge in [0.05, 0.1) is 18.7 Å². The molecule has 0 spiro atoms. The number of piperazine rings is 1. The number of para-hydroxylation sites is 2. The number of carboxylic acid groups (broad SMARTS) is 1. The number of ether oxygens (including phenoxy) is 3. The fourth-order valence-corrected chi connectivity index (χ4v) is 4.16. The van der Waals surface area contributed by atoms with Crippen LogP contribution in [0, 0.1) is 5.92 Å². The standard InChI is InChI=1S/C24H29N3O6/c1-31-20-5-3-2-4-19(20)27-10-8-26(9-11-27)16-17(24(29)30)14-23(28)25-18-6-7-21-22(15-18)33-13-12-32-21/h2-7,15,17H,8-14,16H2,1H3,(H,25,28)(H,29,30)/t17-/m1/s1. The number of aliphatic carboxylic acids is 1. The maximum Gasteiger partial charge on any atom is 0.308 e. The number of carbonyl (C=O) groups is 2. The first kappa shape index (κ1) is 22.7. The lowest BCUT2D eigenvalue weighted by Gasteiger charge is -2.37. The number of nitrogens with one attached hydrogen (secondary N) is 1. The van der Waals surface area contributed by atoms with Crippen LogP contribution in [-0.4, -0.2) is 74.9 Å². The molecule has 176 valence electrons. The maximum absolute atomic E-state index is 12.6. The Bertz CT molecular complexity index is 990. The van der Waals surface area contributed by atoms with E-state index in [0.717, 1.165) is 24.5 Å². The molecule has 2 N–H and O–H groups in total. The average Bonchev–Trinajstić information content (AvgIpc) is 2.84. The number of carbonyl (C=O) groups excluding carboxylic acids is 1. The number of fused-ring (bicyclic) bond motifs is 1. The first-order chi connectivity index (χ1) is 16.0. The van der Waals surface area contributed by atoms with Crippen molar-refractivity contribution in [2.75, 3.05) is 63.3 Å². The Kier molecular flexibility index (Phi) is 7.19. The van der Waals surface area contributed by atoms with Gasteiger partial charge in [-0.25, -0.2) is 0 Å². The van der Waals surface area contributed by atoms with Crippen LogP contribution in [-0.2, 0) is 9.59 Å². The summed E-state index contributed by atoms with van der Waals surface area (Å²) in [7, 11) is 1.66. The third-order valence-corrected chi connectivity index (χ3v) is 5.88. The summed E-state index contributed by atoms with van der Waals surface area (Å²) in [5.41, 5.74) is 1.59. The molecule has 1 amide bonds. The highest BCUT2D eigenvalue weighted by molar-refractivity contribution is 5.93. The molecule has 0 saturated carbocycles. The second-order valence-electron chi connectivity index (χ2n) is 8.11. The third kappa shape index (κ3) is 5.67.